The molecule has 6 heteroatoms. The van der Waals surface area contributed by atoms with Gasteiger partial charge in [-0.2, -0.15) is 0 Å². The molecule has 0 atom stereocenters. The Morgan fingerprint density at radius 3 is 2.77 bits per heavy atom. The number of nitrogens with zero attached hydrogens (tertiary/aromatic N) is 1. The lowest BCUT2D eigenvalue weighted by Gasteiger charge is -2.43. The third kappa shape index (κ3) is 2.65. The molecule has 2 aliphatic heterocycles. The number of ketones is 1. The topological polar surface area (TPSA) is 55.8 Å². The van der Waals surface area contributed by atoms with E-state index in [-0.39, 0.29) is 17.6 Å². The summed E-state index contributed by atoms with van der Waals surface area (Å²) < 4.78 is 11.4. The van der Waals surface area contributed by atoms with Crippen molar-refractivity contribution in [1.82, 2.24) is 4.90 Å². The maximum atomic E-state index is 12.4. The fourth-order valence-electron chi connectivity index (χ4n) is 3.13. The van der Waals surface area contributed by atoms with E-state index in [1.165, 1.54) is 0 Å². The van der Waals surface area contributed by atoms with Gasteiger partial charge in [-0.05, 0) is 12.1 Å². The minimum atomic E-state index is -0.514. The average Bonchev–Trinajstić information content (AvgIpc) is 2.54. The van der Waals surface area contributed by atoms with Crippen LogP contribution in [0.2, 0.25) is 0 Å². The Hall–Kier alpha value is -1.75. The van der Waals surface area contributed by atoms with Crippen LogP contribution in [0, 0.1) is 0 Å². The third-order valence-corrected chi connectivity index (χ3v) is 4.67. The van der Waals surface area contributed by atoms with Gasteiger partial charge in [-0.15, -0.1) is 11.6 Å². The molecule has 2 heterocycles. The molecule has 1 spiro atoms. The van der Waals surface area contributed by atoms with Gasteiger partial charge in [0, 0.05) is 32.0 Å². The summed E-state index contributed by atoms with van der Waals surface area (Å²) in [6.45, 7) is 1.14. The molecule has 0 N–H and O–H groups in total. The van der Waals surface area contributed by atoms with Gasteiger partial charge in [-0.1, -0.05) is 0 Å². The lowest BCUT2D eigenvalue weighted by Crippen LogP contribution is -2.52. The summed E-state index contributed by atoms with van der Waals surface area (Å²) in [5.74, 6) is 1.25. The van der Waals surface area contributed by atoms with Gasteiger partial charge in [0.05, 0.1) is 19.1 Å². The van der Waals surface area contributed by atoms with Gasteiger partial charge in [0.1, 0.15) is 23.0 Å². The highest BCUT2D eigenvalue weighted by atomic mass is 35.5. The summed E-state index contributed by atoms with van der Waals surface area (Å²) in [4.78, 5) is 25.8. The number of amides is 1. The predicted molar refractivity (Wildman–Crippen MR) is 81.8 cm³/mol. The normalized spacial score (nSPS) is 19.5. The lowest BCUT2D eigenvalue weighted by atomic mass is 9.82. The molecule has 1 aromatic rings. The Morgan fingerprint density at radius 1 is 1.41 bits per heavy atom. The van der Waals surface area contributed by atoms with E-state index >= 15 is 0 Å². The highest BCUT2D eigenvalue weighted by molar-refractivity contribution is 6.27. The van der Waals surface area contributed by atoms with E-state index in [1.54, 1.807) is 30.2 Å². The molecule has 3 rings (SSSR count). The van der Waals surface area contributed by atoms with Crippen molar-refractivity contribution in [2.45, 2.75) is 24.9 Å². The zero-order valence-electron chi connectivity index (χ0n) is 12.4. The number of carbonyl (C=O) groups excluding carboxylic acids is 2. The van der Waals surface area contributed by atoms with Crippen LogP contribution in [-0.2, 0) is 4.79 Å². The molecule has 0 saturated carbocycles. The Kier molecular flexibility index (Phi) is 4.00. The van der Waals surface area contributed by atoms with Crippen LogP contribution in [0.15, 0.2) is 18.2 Å². The van der Waals surface area contributed by atoms with Gasteiger partial charge in [-0.3, -0.25) is 9.59 Å². The predicted octanol–water partition coefficient (Wildman–Crippen LogP) is 2.26. The van der Waals surface area contributed by atoms with Crippen molar-refractivity contribution < 1.29 is 19.1 Å². The van der Waals surface area contributed by atoms with Crippen LogP contribution in [0.3, 0.4) is 0 Å². The number of benzene rings is 1. The van der Waals surface area contributed by atoms with E-state index in [2.05, 4.69) is 0 Å². The molecule has 1 saturated heterocycles. The number of fused-ring (bicyclic) bond motifs is 1. The number of methoxy groups -OCH3 is 1. The van der Waals surface area contributed by atoms with Gasteiger partial charge in [0.25, 0.3) is 0 Å². The van der Waals surface area contributed by atoms with E-state index in [9.17, 15) is 9.59 Å². The summed E-state index contributed by atoms with van der Waals surface area (Å²) >= 11 is 5.60. The number of alkyl halides is 1. The number of likely N-dealkylation sites (tertiary alicyclic amines) is 1. The second-order valence-corrected chi connectivity index (χ2v) is 6.03. The molecular weight excluding hydrogens is 306 g/mol. The monoisotopic (exact) mass is 323 g/mol. The number of hydrogen-bond donors (Lipinski definition) is 0. The van der Waals surface area contributed by atoms with Crippen LogP contribution in [-0.4, -0.2) is 48.3 Å². The molecule has 1 aromatic carbocycles. The molecular formula is C16H18ClNO4. The van der Waals surface area contributed by atoms with Crippen molar-refractivity contribution in [3.63, 3.8) is 0 Å². The molecule has 0 bridgehead atoms. The summed E-state index contributed by atoms with van der Waals surface area (Å²) in [6.07, 6.45) is 1.63. The van der Waals surface area contributed by atoms with Crippen molar-refractivity contribution in [3.05, 3.63) is 23.8 Å². The smallest absolute Gasteiger partial charge is 0.237 e. The van der Waals surface area contributed by atoms with Crippen molar-refractivity contribution in [2.24, 2.45) is 0 Å². The molecule has 0 aliphatic carbocycles. The molecule has 0 aromatic heterocycles. The number of rotatable bonds is 2. The van der Waals surface area contributed by atoms with Crippen molar-refractivity contribution in [3.8, 4) is 11.5 Å². The van der Waals surface area contributed by atoms with Crippen LogP contribution >= 0.6 is 11.6 Å². The number of halogens is 1. The first-order chi connectivity index (χ1) is 10.6. The van der Waals surface area contributed by atoms with Crippen molar-refractivity contribution >= 4 is 23.3 Å². The average molecular weight is 324 g/mol. The standard InChI is InChI=1S/C16H18ClNO4/c1-21-11-2-3-12-13(19)9-16(22-14(12)8-11)4-6-18(7-5-16)15(20)10-17/h2-3,8H,4-7,9-10H2,1H3. The molecule has 0 radical (unpaired) electrons. The first-order valence-corrected chi connectivity index (χ1v) is 7.84. The first-order valence-electron chi connectivity index (χ1n) is 7.31. The van der Waals surface area contributed by atoms with Crippen molar-refractivity contribution in [1.29, 1.82) is 0 Å². The summed E-state index contributed by atoms with van der Waals surface area (Å²) in [5, 5.41) is 0. The number of ether oxygens (including phenoxy) is 2. The van der Waals surface area contributed by atoms with E-state index in [4.69, 9.17) is 21.1 Å². The Balaban J connectivity index is 1.80. The zero-order chi connectivity index (χ0) is 15.7. The maximum absolute atomic E-state index is 12.4. The van der Waals surface area contributed by atoms with Gasteiger partial charge in [0.2, 0.25) is 5.91 Å². The van der Waals surface area contributed by atoms with E-state index in [0.717, 1.165) is 0 Å². The zero-order valence-corrected chi connectivity index (χ0v) is 13.2. The van der Waals surface area contributed by atoms with Crippen LogP contribution in [0.5, 0.6) is 11.5 Å². The fourth-order valence-corrected chi connectivity index (χ4v) is 3.30. The van der Waals surface area contributed by atoms with Gasteiger partial charge < -0.3 is 14.4 Å². The number of Topliss-reactive ketones (excluding diaryl/α,β-unsaturated/α-hetero) is 1. The summed E-state index contributed by atoms with van der Waals surface area (Å²) in [6, 6.07) is 5.26. The summed E-state index contributed by atoms with van der Waals surface area (Å²) in [7, 11) is 1.58. The highest BCUT2D eigenvalue weighted by Gasteiger charge is 2.43. The fraction of sp³-hybridized carbons (Fsp3) is 0.500. The largest absolute Gasteiger partial charge is 0.497 e. The van der Waals surface area contributed by atoms with Crippen molar-refractivity contribution in [2.75, 3.05) is 26.1 Å². The Bertz CT molecular complexity index is 608. The molecule has 0 unspecified atom stereocenters. The summed E-state index contributed by atoms with van der Waals surface area (Å²) in [5.41, 5.74) is 0.0881. The molecule has 1 amide bonds. The number of hydrogen-bond acceptors (Lipinski definition) is 4. The second kappa shape index (κ2) is 5.80. The van der Waals surface area contributed by atoms with Gasteiger partial charge >= 0.3 is 0 Å². The lowest BCUT2D eigenvalue weighted by molar-refractivity contribution is -0.132. The minimum absolute atomic E-state index is 0.00712. The van der Waals surface area contributed by atoms with Crippen LogP contribution < -0.4 is 9.47 Å². The Labute approximate surface area is 134 Å². The molecule has 2 aliphatic rings. The number of piperidine rings is 1. The van der Waals surface area contributed by atoms with Crippen LogP contribution in [0.25, 0.3) is 0 Å². The molecule has 118 valence electrons. The Morgan fingerprint density at radius 2 is 2.14 bits per heavy atom. The minimum Gasteiger partial charge on any atom is -0.497 e. The number of carbonyl (C=O) groups is 2. The molecule has 1 fully saturated rings. The van der Waals surface area contributed by atoms with Gasteiger partial charge in [-0.25, -0.2) is 0 Å². The van der Waals surface area contributed by atoms with E-state index in [0.29, 0.717) is 49.4 Å². The van der Waals surface area contributed by atoms with Crippen LogP contribution in [0.4, 0.5) is 0 Å². The molecule has 22 heavy (non-hydrogen) atoms. The van der Waals surface area contributed by atoms with Crippen LogP contribution in [0.1, 0.15) is 29.6 Å². The van der Waals surface area contributed by atoms with E-state index in [1.807, 2.05) is 0 Å². The maximum Gasteiger partial charge on any atom is 0.237 e. The highest BCUT2D eigenvalue weighted by Crippen LogP contribution is 2.40. The quantitative estimate of drug-likeness (QED) is 0.783. The second-order valence-electron chi connectivity index (χ2n) is 5.76. The first kappa shape index (κ1) is 15.2. The van der Waals surface area contributed by atoms with Gasteiger partial charge in [0.15, 0.2) is 5.78 Å². The molecule has 5 nitrogen and oxygen atoms in total. The SMILES string of the molecule is COc1ccc2c(c1)OC1(CCN(C(=O)CCl)CC1)CC2=O. The van der Waals surface area contributed by atoms with E-state index < -0.39 is 5.60 Å². The third-order valence-electron chi connectivity index (χ3n) is 4.44.